The number of hydrogen-bond donors (Lipinski definition) is 1. The van der Waals surface area contributed by atoms with Crippen molar-refractivity contribution in [3.05, 3.63) is 22.4 Å². The Labute approximate surface area is 110 Å². The maximum Gasteiger partial charge on any atom is 0.434 e. The number of nitrogens with two attached hydrogens (primary N) is 1. The number of halogens is 8. The van der Waals surface area contributed by atoms with E-state index in [0.717, 1.165) is 6.07 Å². The minimum absolute atomic E-state index is 0.215. The predicted molar refractivity (Wildman–Crippen MR) is 55.0 cm³/mol. The van der Waals surface area contributed by atoms with Crippen LogP contribution in [0.4, 0.5) is 36.4 Å². The third-order valence-electron chi connectivity index (χ3n) is 1.89. The first-order chi connectivity index (χ1) is 8.43. The number of alkyl halides is 6. The average Bonchev–Trinajstić information content (AvgIpc) is 2.17. The largest absolute Gasteiger partial charge is 0.469 e. The van der Waals surface area contributed by atoms with Gasteiger partial charge in [-0.1, -0.05) is 0 Å². The number of anilines is 1. The smallest absolute Gasteiger partial charge is 0.434 e. The van der Waals surface area contributed by atoms with Crippen LogP contribution in [0.3, 0.4) is 0 Å². The van der Waals surface area contributed by atoms with Gasteiger partial charge in [0.2, 0.25) is 0 Å². The summed E-state index contributed by atoms with van der Waals surface area (Å²) < 4.78 is 90.0. The molecule has 0 fully saturated rings. The lowest BCUT2D eigenvalue weighted by atomic mass is 10.2. The van der Waals surface area contributed by atoms with Crippen LogP contribution in [0.5, 0.6) is 5.75 Å². The molecule has 10 heteroatoms. The molecule has 0 bridgehead atoms. The van der Waals surface area contributed by atoms with Gasteiger partial charge in [-0.05, 0) is 22.0 Å². The van der Waals surface area contributed by atoms with Gasteiger partial charge in [-0.15, -0.1) is 0 Å². The highest BCUT2D eigenvalue weighted by Gasteiger charge is 2.59. The Kier molecular flexibility index (Phi) is 4.23. The third-order valence-corrected chi connectivity index (χ3v) is 2.50. The van der Waals surface area contributed by atoms with E-state index in [1.165, 1.54) is 0 Å². The highest BCUT2D eigenvalue weighted by Crippen LogP contribution is 2.38. The number of benzene rings is 1. The van der Waals surface area contributed by atoms with Crippen molar-refractivity contribution in [2.45, 2.75) is 18.5 Å². The molecule has 0 atom stereocenters. The molecule has 0 radical (unpaired) electrons. The van der Waals surface area contributed by atoms with Gasteiger partial charge in [0.1, 0.15) is 11.6 Å². The fourth-order valence-electron chi connectivity index (χ4n) is 1.09. The van der Waals surface area contributed by atoms with Gasteiger partial charge in [0, 0.05) is 6.07 Å². The zero-order valence-corrected chi connectivity index (χ0v) is 10.3. The minimum Gasteiger partial charge on any atom is -0.469 e. The Morgan fingerprint density at radius 2 is 1.53 bits per heavy atom. The first kappa shape index (κ1) is 15.9. The molecule has 0 spiro atoms. The van der Waals surface area contributed by atoms with Crippen molar-refractivity contribution in [2.75, 3.05) is 5.73 Å². The molecule has 0 heterocycles. The van der Waals surface area contributed by atoms with Gasteiger partial charge in [0.05, 0.1) is 10.2 Å². The molecule has 19 heavy (non-hydrogen) atoms. The van der Waals surface area contributed by atoms with Crippen LogP contribution in [-0.2, 0) is 0 Å². The summed E-state index contributed by atoms with van der Waals surface area (Å²) in [5.74, 6) is -2.15. The van der Waals surface area contributed by atoms with Gasteiger partial charge in [0.15, 0.2) is 0 Å². The van der Waals surface area contributed by atoms with Gasteiger partial charge >= 0.3 is 12.4 Å². The molecule has 0 aromatic heterocycles. The maximum absolute atomic E-state index is 13.1. The van der Waals surface area contributed by atoms with Gasteiger partial charge < -0.3 is 10.5 Å². The topological polar surface area (TPSA) is 35.2 Å². The van der Waals surface area contributed by atoms with Crippen molar-refractivity contribution in [3.8, 4) is 5.75 Å². The van der Waals surface area contributed by atoms with E-state index in [1.807, 2.05) is 0 Å². The summed E-state index contributed by atoms with van der Waals surface area (Å²) in [6, 6.07) is 1.14. The van der Waals surface area contributed by atoms with Crippen LogP contribution in [0.2, 0.25) is 0 Å². The molecular weight excluding hydrogens is 351 g/mol. The van der Waals surface area contributed by atoms with Crippen LogP contribution in [0, 0.1) is 5.82 Å². The van der Waals surface area contributed by atoms with Crippen LogP contribution in [0.1, 0.15) is 0 Å². The van der Waals surface area contributed by atoms with Crippen molar-refractivity contribution in [2.24, 2.45) is 0 Å². The average molecular weight is 356 g/mol. The van der Waals surface area contributed by atoms with Crippen molar-refractivity contribution in [1.29, 1.82) is 0 Å². The quantitative estimate of drug-likeness (QED) is 0.641. The Morgan fingerprint density at radius 3 is 1.95 bits per heavy atom. The number of nitrogen functional groups attached to an aromatic ring is 1. The highest BCUT2D eigenvalue weighted by atomic mass is 79.9. The maximum atomic E-state index is 13.1. The first-order valence-electron chi connectivity index (χ1n) is 4.47. The Morgan fingerprint density at radius 1 is 1.05 bits per heavy atom. The second kappa shape index (κ2) is 5.06. The monoisotopic (exact) mass is 355 g/mol. The summed E-state index contributed by atoms with van der Waals surface area (Å²) in [6.07, 6.45) is -15.5. The number of ether oxygens (including phenoxy) is 1. The van der Waals surface area contributed by atoms with E-state index >= 15 is 0 Å². The minimum atomic E-state index is -5.70. The lowest BCUT2D eigenvalue weighted by Gasteiger charge is -2.24. The summed E-state index contributed by atoms with van der Waals surface area (Å²) in [6.45, 7) is 0. The van der Waals surface area contributed by atoms with E-state index < -0.39 is 35.7 Å². The number of rotatable bonds is 2. The predicted octanol–water partition coefficient (Wildman–Crippen LogP) is 4.04. The summed E-state index contributed by atoms with van der Waals surface area (Å²) in [5, 5.41) is 0. The second-order valence-corrected chi connectivity index (χ2v) is 4.24. The van der Waals surface area contributed by atoms with Crippen LogP contribution >= 0.6 is 15.9 Å². The van der Waals surface area contributed by atoms with Crippen LogP contribution in [0.15, 0.2) is 16.6 Å². The lowest BCUT2D eigenvalue weighted by molar-refractivity contribution is -0.299. The summed E-state index contributed by atoms with van der Waals surface area (Å²) >= 11 is 2.67. The number of hydrogen-bond acceptors (Lipinski definition) is 2. The Bertz CT molecular complexity index is 457. The van der Waals surface area contributed by atoms with Gasteiger partial charge in [-0.3, -0.25) is 0 Å². The molecule has 0 unspecified atom stereocenters. The summed E-state index contributed by atoms with van der Waals surface area (Å²) in [5.41, 5.74) is 4.61. The van der Waals surface area contributed by atoms with E-state index in [2.05, 4.69) is 20.7 Å². The van der Waals surface area contributed by atoms with Crippen LogP contribution in [-0.4, -0.2) is 18.5 Å². The molecule has 1 rings (SSSR count). The van der Waals surface area contributed by atoms with Crippen molar-refractivity contribution in [1.82, 2.24) is 0 Å². The van der Waals surface area contributed by atoms with Crippen molar-refractivity contribution in [3.63, 3.8) is 0 Å². The molecule has 0 saturated heterocycles. The molecule has 0 saturated carbocycles. The molecule has 0 aliphatic carbocycles. The zero-order valence-electron chi connectivity index (χ0n) is 8.74. The fourth-order valence-corrected chi connectivity index (χ4v) is 1.45. The molecule has 108 valence electrons. The van der Waals surface area contributed by atoms with Gasteiger partial charge in [0.25, 0.3) is 6.10 Å². The standard InChI is InChI=1S/C9H5BrF7NO/c10-3-1-5(18)6(2-4(3)11)19-7(8(12,13)14)9(15,16)17/h1-2,7H,18H2. The molecule has 1 aromatic rings. The molecule has 2 N–H and O–H groups in total. The molecule has 0 aliphatic heterocycles. The molecule has 0 aliphatic rings. The normalized spacial score (nSPS) is 12.9. The van der Waals surface area contributed by atoms with Crippen LogP contribution in [0.25, 0.3) is 0 Å². The SMILES string of the molecule is Nc1cc(Br)c(F)cc1OC(C(F)(F)F)C(F)(F)F. The van der Waals surface area contributed by atoms with Gasteiger partial charge in [-0.25, -0.2) is 4.39 Å². The van der Waals surface area contributed by atoms with Gasteiger partial charge in [-0.2, -0.15) is 26.3 Å². The molecule has 1 aromatic carbocycles. The van der Waals surface area contributed by atoms with E-state index in [4.69, 9.17) is 5.73 Å². The molecule has 0 amide bonds. The third kappa shape index (κ3) is 3.88. The molecular formula is C9H5BrF7NO. The lowest BCUT2D eigenvalue weighted by Crippen LogP contribution is -2.46. The second-order valence-electron chi connectivity index (χ2n) is 3.39. The van der Waals surface area contributed by atoms with E-state index in [9.17, 15) is 30.7 Å². The Hall–Kier alpha value is -1.19. The van der Waals surface area contributed by atoms with E-state index in [-0.39, 0.29) is 4.47 Å². The fraction of sp³-hybridized carbons (Fsp3) is 0.333. The summed E-state index contributed by atoms with van der Waals surface area (Å²) in [4.78, 5) is 0. The molecule has 2 nitrogen and oxygen atoms in total. The summed E-state index contributed by atoms with van der Waals surface area (Å²) in [7, 11) is 0. The van der Waals surface area contributed by atoms with E-state index in [0.29, 0.717) is 6.07 Å². The van der Waals surface area contributed by atoms with Crippen molar-refractivity contribution >= 4 is 21.6 Å². The zero-order chi connectivity index (χ0) is 15.0. The highest BCUT2D eigenvalue weighted by molar-refractivity contribution is 9.10. The van der Waals surface area contributed by atoms with Crippen LogP contribution < -0.4 is 10.5 Å². The van der Waals surface area contributed by atoms with Crippen molar-refractivity contribution < 1.29 is 35.5 Å². The van der Waals surface area contributed by atoms with E-state index in [1.54, 1.807) is 0 Å². The Balaban J connectivity index is 3.15. The first-order valence-corrected chi connectivity index (χ1v) is 5.27.